The number of fused-ring (bicyclic) bond motifs is 1. The minimum Gasteiger partial charge on any atom is -0.496 e. The van der Waals surface area contributed by atoms with Crippen LogP contribution in [0.4, 0.5) is 0 Å². The number of hydrazine groups is 1. The minimum absolute atomic E-state index is 0.0796. The number of aromatic nitrogens is 3. The fourth-order valence-electron chi connectivity index (χ4n) is 2.52. The number of aryl methyl sites for hydroxylation is 1. The Morgan fingerprint density at radius 3 is 2.80 bits per heavy atom. The van der Waals surface area contributed by atoms with Crippen molar-refractivity contribution in [1.82, 2.24) is 25.4 Å². The quantitative estimate of drug-likeness (QED) is 0.693. The first kappa shape index (κ1) is 16.4. The maximum atomic E-state index is 12.4. The van der Waals surface area contributed by atoms with Gasteiger partial charge in [0.15, 0.2) is 5.65 Å². The maximum Gasteiger partial charge on any atom is 0.275 e. The Morgan fingerprint density at radius 2 is 2.00 bits per heavy atom. The summed E-state index contributed by atoms with van der Waals surface area (Å²) in [4.78, 5) is 28.6. The van der Waals surface area contributed by atoms with Crippen LogP contribution in [-0.2, 0) is 11.2 Å². The van der Waals surface area contributed by atoms with E-state index in [0.29, 0.717) is 22.7 Å². The molecule has 0 radical (unpaired) electrons. The van der Waals surface area contributed by atoms with Crippen LogP contribution < -0.4 is 15.6 Å². The summed E-state index contributed by atoms with van der Waals surface area (Å²) < 4.78 is 6.72. The molecule has 25 heavy (non-hydrogen) atoms. The van der Waals surface area contributed by atoms with Gasteiger partial charge in [-0.25, -0.2) is 9.50 Å². The molecule has 0 spiro atoms. The number of benzene rings is 1. The van der Waals surface area contributed by atoms with Crippen molar-refractivity contribution >= 4 is 17.5 Å². The Balaban J connectivity index is 1.67. The van der Waals surface area contributed by atoms with Gasteiger partial charge in [0.2, 0.25) is 5.91 Å². The Labute approximate surface area is 143 Å². The van der Waals surface area contributed by atoms with Crippen LogP contribution in [0, 0.1) is 6.92 Å². The van der Waals surface area contributed by atoms with Gasteiger partial charge in [-0.2, -0.15) is 5.10 Å². The molecule has 2 N–H and O–H groups in total. The van der Waals surface area contributed by atoms with Gasteiger partial charge >= 0.3 is 0 Å². The van der Waals surface area contributed by atoms with Gasteiger partial charge in [-0.05, 0) is 19.1 Å². The van der Waals surface area contributed by atoms with Crippen LogP contribution in [0.2, 0.25) is 0 Å². The van der Waals surface area contributed by atoms with Crippen molar-refractivity contribution in [3.63, 3.8) is 0 Å². The van der Waals surface area contributed by atoms with Gasteiger partial charge in [0.05, 0.1) is 19.2 Å². The van der Waals surface area contributed by atoms with E-state index in [0.717, 1.165) is 5.56 Å². The average Bonchev–Trinajstić information content (AvgIpc) is 2.96. The van der Waals surface area contributed by atoms with Gasteiger partial charge < -0.3 is 4.74 Å². The monoisotopic (exact) mass is 339 g/mol. The topological polar surface area (TPSA) is 97.6 Å². The number of nitrogens with zero attached hydrogens (tertiary/aromatic N) is 3. The first-order valence-corrected chi connectivity index (χ1v) is 7.61. The van der Waals surface area contributed by atoms with Crippen LogP contribution >= 0.6 is 0 Å². The van der Waals surface area contributed by atoms with Crippen molar-refractivity contribution in [3.8, 4) is 5.75 Å². The third kappa shape index (κ3) is 3.42. The molecule has 8 heteroatoms. The van der Waals surface area contributed by atoms with E-state index in [2.05, 4.69) is 20.9 Å². The summed E-state index contributed by atoms with van der Waals surface area (Å²) in [5, 5.41) is 4.22. The summed E-state index contributed by atoms with van der Waals surface area (Å²) in [6.07, 6.45) is 3.36. The van der Waals surface area contributed by atoms with Crippen LogP contribution in [0.25, 0.3) is 5.65 Å². The van der Waals surface area contributed by atoms with E-state index in [9.17, 15) is 9.59 Å². The molecule has 0 aliphatic carbocycles. The first-order chi connectivity index (χ1) is 12.1. The number of hydrogen-bond acceptors (Lipinski definition) is 5. The van der Waals surface area contributed by atoms with Crippen LogP contribution in [0.5, 0.6) is 5.75 Å². The highest BCUT2D eigenvalue weighted by molar-refractivity contribution is 6.01. The Kier molecular flexibility index (Phi) is 4.60. The van der Waals surface area contributed by atoms with Crippen molar-refractivity contribution in [2.75, 3.05) is 7.11 Å². The molecule has 2 heterocycles. The number of rotatable bonds is 4. The highest BCUT2D eigenvalue weighted by Gasteiger charge is 2.18. The largest absolute Gasteiger partial charge is 0.496 e. The number of hydrogen-bond donors (Lipinski definition) is 2. The van der Waals surface area contributed by atoms with Gasteiger partial charge in [0.25, 0.3) is 5.91 Å². The van der Waals surface area contributed by atoms with E-state index >= 15 is 0 Å². The number of carbonyl (C=O) groups excluding carboxylic acids is 2. The van der Waals surface area contributed by atoms with Gasteiger partial charge in [-0.15, -0.1) is 0 Å². The van der Waals surface area contributed by atoms with Gasteiger partial charge in [-0.1, -0.05) is 18.2 Å². The second-order valence-corrected chi connectivity index (χ2v) is 5.34. The molecule has 2 amide bonds. The Bertz CT molecular complexity index is 935. The summed E-state index contributed by atoms with van der Waals surface area (Å²) in [6.45, 7) is 1.71. The predicted molar refractivity (Wildman–Crippen MR) is 90.0 cm³/mol. The molecule has 0 atom stereocenters. The van der Waals surface area contributed by atoms with Crippen molar-refractivity contribution < 1.29 is 14.3 Å². The molecule has 8 nitrogen and oxygen atoms in total. The predicted octanol–water partition coefficient (Wildman–Crippen LogP) is 1.05. The third-order valence-electron chi connectivity index (χ3n) is 3.66. The fourth-order valence-corrected chi connectivity index (χ4v) is 2.52. The smallest absolute Gasteiger partial charge is 0.275 e. The molecule has 0 unspecified atom stereocenters. The highest BCUT2D eigenvalue weighted by atomic mass is 16.5. The van der Waals surface area contributed by atoms with Crippen LogP contribution in [-0.4, -0.2) is 33.5 Å². The van der Waals surface area contributed by atoms with E-state index in [4.69, 9.17) is 4.74 Å². The lowest BCUT2D eigenvalue weighted by Crippen LogP contribution is -2.42. The zero-order chi connectivity index (χ0) is 17.8. The minimum atomic E-state index is -0.473. The van der Waals surface area contributed by atoms with E-state index in [1.165, 1.54) is 4.52 Å². The molecule has 3 aromatic rings. The molecule has 2 aromatic heterocycles. The summed E-state index contributed by atoms with van der Waals surface area (Å²) in [6, 6.07) is 8.92. The van der Waals surface area contributed by atoms with Crippen LogP contribution in [0.3, 0.4) is 0 Å². The van der Waals surface area contributed by atoms with Gasteiger partial charge in [-0.3, -0.25) is 20.4 Å². The van der Waals surface area contributed by atoms with Gasteiger partial charge in [0.1, 0.15) is 11.3 Å². The molecule has 0 fully saturated rings. The molecule has 0 aliphatic rings. The fraction of sp³-hybridized carbons (Fsp3) is 0.176. The molecule has 1 aromatic carbocycles. The van der Waals surface area contributed by atoms with Crippen molar-refractivity contribution in [2.24, 2.45) is 0 Å². The number of nitrogens with one attached hydrogen (secondary N) is 2. The average molecular weight is 339 g/mol. The van der Waals surface area contributed by atoms with Crippen molar-refractivity contribution in [3.05, 3.63) is 59.5 Å². The van der Waals surface area contributed by atoms with Crippen LogP contribution in [0.15, 0.2) is 42.7 Å². The second kappa shape index (κ2) is 7.00. The molecule has 128 valence electrons. The molecule has 0 aliphatic heterocycles. The normalized spacial score (nSPS) is 10.5. The Hall–Kier alpha value is -3.42. The van der Waals surface area contributed by atoms with Crippen LogP contribution in [0.1, 0.15) is 21.6 Å². The summed E-state index contributed by atoms with van der Waals surface area (Å²) in [7, 11) is 1.54. The molecular formula is C17H17N5O3. The molecule has 0 saturated heterocycles. The standard InChI is InChI=1S/C17H17N5O3/c1-11-15(16-18-8-5-9-22(16)21-11)17(24)20-19-14(23)10-12-6-3-4-7-13(12)25-2/h3-9H,10H2,1-2H3,(H,19,23)(H,20,24). The van der Waals surface area contributed by atoms with E-state index < -0.39 is 5.91 Å². The number of ether oxygens (including phenoxy) is 1. The Morgan fingerprint density at radius 1 is 1.20 bits per heavy atom. The molecular weight excluding hydrogens is 322 g/mol. The van der Waals surface area contributed by atoms with E-state index in [1.807, 2.05) is 12.1 Å². The highest BCUT2D eigenvalue weighted by Crippen LogP contribution is 2.17. The first-order valence-electron chi connectivity index (χ1n) is 7.61. The zero-order valence-electron chi connectivity index (χ0n) is 13.8. The van der Waals surface area contributed by atoms with Crippen molar-refractivity contribution in [1.29, 1.82) is 0 Å². The molecule has 3 rings (SSSR count). The lowest BCUT2D eigenvalue weighted by atomic mass is 10.1. The zero-order valence-corrected chi connectivity index (χ0v) is 13.8. The number of para-hydroxylation sites is 1. The SMILES string of the molecule is COc1ccccc1CC(=O)NNC(=O)c1c(C)nn2cccnc12. The summed E-state index contributed by atoms with van der Waals surface area (Å²) in [5.41, 5.74) is 6.80. The summed E-state index contributed by atoms with van der Waals surface area (Å²) >= 11 is 0. The third-order valence-corrected chi connectivity index (χ3v) is 3.66. The number of methoxy groups -OCH3 is 1. The second-order valence-electron chi connectivity index (χ2n) is 5.34. The lowest BCUT2D eigenvalue weighted by Gasteiger charge is -2.09. The van der Waals surface area contributed by atoms with Gasteiger partial charge in [0, 0.05) is 18.0 Å². The lowest BCUT2D eigenvalue weighted by molar-refractivity contribution is -0.121. The number of carbonyl (C=O) groups is 2. The van der Waals surface area contributed by atoms with E-state index in [-0.39, 0.29) is 12.3 Å². The molecule has 0 saturated carbocycles. The number of amides is 2. The molecule has 0 bridgehead atoms. The van der Waals surface area contributed by atoms with Crippen molar-refractivity contribution in [2.45, 2.75) is 13.3 Å². The maximum absolute atomic E-state index is 12.4. The summed E-state index contributed by atoms with van der Waals surface area (Å²) in [5.74, 6) is -0.217. The van der Waals surface area contributed by atoms with E-state index in [1.54, 1.807) is 44.6 Å².